The van der Waals surface area contributed by atoms with Crippen LogP contribution in [0.4, 0.5) is 0 Å². The summed E-state index contributed by atoms with van der Waals surface area (Å²) in [4.78, 5) is 5.59. The fourth-order valence-electron chi connectivity index (χ4n) is 1.62. The van der Waals surface area contributed by atoms with Gasteiger partial charge < -0.3 is 11.5 Å². The van der Waals surface area contributed by atoms with Crippen LogP contribution >= 0.6 is 43.2 Å². The number of guanidine groups is 1. The van der Waals surface area contributed by atoms with Crippen molar-refractivity contribution in [2.45, 2.75) is 10.7 Å². The van der Waals surface area contributed by atoms with E-state index in [0.717, 1.165) is 21.1 Å². The Kier molecular flexibility index (Phi) is 5.49. The number of nitrogens with zero attached hydrogens (tertiary/aromatic N) is 3. The van der Waals surface area contributed by atoms with Gasteiger partial charge >= 0.3 is 0 Å². The Labute approximate surface area is 143 Å². The van der Waals surface area contributed by atoms with Gasteiger partial charge in [-0.2, -0.15) is 5.10 Å². The van der Waals surface area contributed by atoms with Crippen LogP contribution in [0.5, 0.6) is 0 Å². The molecule has 5 nitrogen and oxygen atoms in total. The lowest BCUT2D eigenvalue weighted by Crippen LogP contribution is -2.22. The summed E-state index contributed by atoms with van der Waals surface area (Å²) in [6.45, 7) is 1.85. The number of aromatic nitrogens is 1. The molecule has 1 aromatic heterocycles. The Hall–Kier alpha value is -1.25. The maximum atomic E-state index is 5.30. The summed E-state index contributed by atoms with van der Waals surface area (Å²) in [5, 5.41) is 8.64. The first-order valence-corrected chi connectivity index (χ1v) is 8.61. The highest BCUT2D eigenvalue weighted by molar-refractivity contribution is 9.24. The first-order chi connectivity index (χ1) is 9.99. The molecule has 0 aliphatic heterocycles. The maximum Gasteiger partial charge on any atom is 0.211 e. The van der Waals surface area contributed by atoms with Crippen LogP contribution in [0.25, 0.3) is 10.6 Å². The van der Waals surface area contributed by atoms with Crippen molar-refractivity contribution in [1.29, 1.82) is 0 Å². The predicted molar refractivity (Wildman–Crippen MR) is 96.2 cm³/mol. The minimum Gasteiger partial charge on any atom is -0.369 e. The van der Waals surface area contributed by atoms with E-state index in [1.54, 1.807) is 11.3 Å². The van der Waals surface area contributed by atoms with Crippen LogP contribution in [-0.2, 0) is 0 Å². The molecule has 0 amide bonds. The van der Waals surface area contributed by atoms with E-state index < -0.39 is 0 Å². The number of hydrogen-bond acceptors (Lipinski definition) is 4. The molecule has 0 spiro atoms. The molecule has 1 heterocycles. The molecule has 2 aromatic rings. The SMILES string of the molecule is C/C(=N\N=C(N)N)c1sc(-c2ccccc2)nc1C(Br)Br. The number of benzene rings is 1. The highest BCUT2D eigenvalue weighted by atomic mass is 79.9. The smallest absolute Gasteiger partial charge is 0.211 e. The van der Waals surface area contributed by atoms with Crippen molar-refractivity contribution < 1.29 is 0 Å². The topological polar surface area (TPSA) is 89.6 Å². The summed E-state index contributed by atoms with van der Waals surface area (Å²) in [6.07, 6.45) is 0. The Morgan fingerprint density at radius 2 is 1.86 bits per heavy atom. The number of hydrogen-bond donors (Lipinski definition) is 2. The molecular formula is C13H13Br2N5S. The average molecular weight is 431 g/mol. The summed E-state index contributed by atoms with van der Waals surface area (Å²) in [5.41, 5.74) is 13.2. The zero-order valence-electron chi connectivity index (χ0n) is 11.1. The second-order valence-electron chi connectivity index (χ2n) is 4.11. The van der Waals surface area contributed by atoms with Gasteiger partial charge in [0.2, 0.25) is 5.96 Å². The van der Waals surface area contributed by atoms with Crippen LogP contribution in [0.1, 0.15) is 21.2 Å². The van der Waals surface area contributed by atoms with E-state index in [-0.39, 0.29) is 9.70 Å². The van der Waals surface area contributed by atoms with Gasteiger partial charge in [0.15, 0.2) is 0 Å². The van der Waals surface area contributed by atoms with E-state index in [9.17, 15) is 0 Å². The molecule has 21 heavy (non-hydrogen) atoms. The van der Waals surface area contributed by atoms with Crippen molar-refractivity contribution in [3.63, 3.8) is 0 Å². The lowest BCUT2D eigenvalue weighted by atomic mass is 10.2. The third-order valence-electron chi connectivity index (χ3n) is 2.52. The van der Waals surface area contributed by atoms with Crippen LogP contribution in [0.3, 0.4) is 0 Å². The van der Waals surface area contributed by atoms with E-state index >= 15 is 0 Å². The molecule has 0 unspecified atom stereocenters. The third-order valence-corrected chi connectivity index (χ3v) is 4.62. The van der Waals surface area contributed by atoms with Crippen LogP contribution in [0, 0.1) is 0 Å². The Bertz CT molecular complexity index is 675. The van der Waals surface area contributed by atoms with Crippen molar-refractivity contribution >= 4 is 54.9 Å². The standard InChI is InChI=1S/C13H13Br2N5S/c1-7(19-20-13(16)17)10-9(11(14)15)18-12(21-10)8-5-3-2-4-6-8/h2-6,11H,1H3,(H4,16,17,20)/b19-7+. The second kappa shape index (κ2) is 7.15. The second-order valence-corrected chi connectivity index (χ2v) is 8.17. The predicted octanol–water partition coefficient (Wildman–Crippen LogP) is 3.60. The number of halogens is 2. The quantitative estimate of drug-likeness (QED) is 0.336. The molecule has 0 aliphatic rings. The van der Waals surface area contributed by atoms with Gasteiger partial charge in [-0.1, -0.05) is 62.2 Å². The van der Waals surface area contributed by atoms with E-state index in [1.807, 2.05) is 37.3 Å². The van der Waals surface area contributed by atoms with Gasteiger partial charge in [-0.05, 0) is 6.92 Å². The van der Waals surface area contributed by atoms with Crippen molar-refractivity contribution in [2.24, 2.45) is 21.7 Å². The lowest BCUT2D eigenvalue weighted by Gasteiger charge is -2.00. The molecule has 4 N–H and O–H groups in total. The molecule has 0 radical (unpaired) electrons. The van der Waals surface area contributed by atoms with Gasteiger partial charge in [-0.3, -0.25) is 0 Å². The molecule has 0 fully saturated rings. The normalized spacial score (nSPS) is 11.7. The molecule has 0 bridgehead atoms. The summed E-state index contributed by atoms with van der Waals surface area (Å²) >= 11 is 8.52. The van der Waals surface area contributed by atoms with Gasteiger partial charge in [-0.15, -0.1) is 16.4 Å². The summed E-state index contributed by atoms with van der Waals surface area (Å²) in [7, 11) is 0. The van der Waals surface area contributed by atoms with Crippen molar-refractivity contribution in [1.82, 2.24) is 4.98 Å². The maximum absolute atomic E-state index is 5.30. The Balaban J connectivity index is 2.48. The molecule has 0 saturated carbocycles. The molecule has 0 saturated heterocycles. The number of nitrogens with two attached hydrogens (primary N) is 2. The van der Waals surface area contributed by atoms with Crippen LogP contribution < -0.4 is 11.5 Å². The minimum absolute atomic E-state index is 0.0712. The highest BCUT2D eigenvalue weighted by Gasteiger charge is 2.19. The van der Waals surface area contributed by atoms with Crippen LogP contribution in [-0.4, -0.2) is 16.7 Å². The summed E-state index contributed by atoms with van der Waals surface area (Å²) in [6, 6.07) is 9.98. The monoisotopic (exact) mass is 429 g/mol. The van der Waals surface area contributed by atoms with E-state index in [0.29, 0.717) is 5.71 Å². The van der Waals surface area contributed by atoms with Crippen molar-refractivity contribution in [3.05, 3.63) is 40.9 Å². The number of alkyl halides is 2. The molecule has 0 aliphatic carbocycles. The van der Waals surface area contributed by atoms with Gasteiger partial charge in [0, 0.05) is 5.56 Å². The fourth-order valence-corrected chi connectivity index (χ4v) is 3.63. The number of rotatable bonds is 4. The van der Waals surface area contributed by atoms with E-state index in [4.69, 9.17) is 11.5 Å². The van der Waals surface area contributed by atoms with Crippen LogP contribution in [0.2, 0.25) is 0 Å². The molecule has 0 atom stereocenters. The van der Waals surface area contributed by atoms with Crippen molar-refractivity contribution in [3.8, 4) is 10.6 Å². The molecule has 110 valence electrons. The van der Waals surface area contributed by atoms with Gasteiger partial charge in [0.1, 0.15) is 8.74 Å². The summed E-state index contributed by atoms with van der Waals surface area (Å²) < 4.78 is -0.0712. The van der Waals surface area contributed by atoms with Gasteiger partial charge in [0.25, 0.3) is 0 Å². The van der Waals surface area contributed by atoms with Crippen LogP contribution in [0.15, 0.2) is 40.5 Å². The fraction of sp³-hybridized carbons (Fsp3) is 0.154. The van der Waals surface area contributed by atoms with Gasteiger partial charge in [-0.25, -0.2) is 4.98 Å². The Morgan fingerprint density at radius 3 is 2.43 bits per heavy atom. The highest BCUT2D eigenvalue weighted by Crippen LogP contribution is 2.37. The largest absolute Gasteiger partial charge is 0.369 e. The van der Waals surface area contributed by atoms with Crippen molar-refractivity contribution in [2.75, 3.05) is 0 Å². The Morgan fingerprint density at radius 1 is 1.19 bits per heavy atom. The minimum atomic E-state index is -0.0714. The zero-order chi connectivity index (χ0) is 15.4. The van der Waals surface area contributed by atoms with Gasteiger partial charge in [0.05, 0.1) is 16.3 Å². The van der Waals surface area contributed by atoms with E-state index in [1.165, 1.54) is 0 Å². The third kappa shape index (κ3) is 4.12. The summed E-state index contributed by atoms with van der Waals surface area (Å²) in [5.74, 6) is -0.0714. The molecule has 8 heteroatoms. The van der Waals surface area contributed by atoms with E-state index in [2.05, 4.69) is 47.0 Å². The first kappa shape index (κ1) is 16.1. The molecular weight excluding hydrogens is 418 g/mol. The lowest BCUT2D eigenvalue weighted by molar-refractivity contribution is 1.18. The number of thiazole rings is 1. The first-order valence-electron chi connectivity index (χ1n) is 5.97. The molecule has 2 rings (SSSR count). The molecule has 1 aromatic carbocycles. The average Bonchev–Trinajstić information content (AvgIpc) is 2.91. The zero-order valence-corrected chi connectivity index (χ0v) is 15.1.